The lowest BCUT2D eigenvalue weighted by molar-refractivity contribution is 0.102. The van der Waals surface area contributed by atoms with Crippen LogP contribution in [0, 0.1) is 6.92 Å². The number of hydrogen-bond acceptors (Lipinski definition) is 6. The van der Waals surface area contributed by atoms with Gasteiger partial charge in [-0.2, -0.15) is 0 Å². The molecular formula is C11H12N4O2S. The maximum Gasteiger partial charge on any atom is 0.286 e. The van der Waals surface area contributed by atoms with Crippen molar-refractivity contribution < 1.29 is 9.53 Å². The molecule has 3 N–H and O–H groups in total. The van der Waals surface area contributed by atoms with Crippen LogP contribution in [0.4, 0.5) is 10.8 Å². The van der Waals surface area contributed by atoms with Gasteiger partial charge in [-0.05, 0) is 30.7 Å². The van der Waals surface area contributed by atoms with Crippen molar-refractivity contribution in [3.63, 3.8) is 0 Å². The van der Waals surface area contributed by atoms with Gasteiger partial charge in [0.15, 0.2) is 0 Å². The number of aromatic nitrogens is 2. The molecule has 0 bridgehead atoms. The molecule has 0 radical (unpaired) electrons. The number of hydrogen-bond donors (Lipinski definition) is 2. The summed E-state index contributed by atoms with van der Waals surface area (Å²) >= 11 is 1.05. The highest BCUT2D eigenvalue weighted by Gasteiger charge is 2.12. The Balaban J connectivity index is 2.16. The monoisotopic (exact) mass is 264 g/mol. The number of nitrogens with zero attached hydrogens (tertiary/aromatic N) is 2. The van der Waals surface area contributed by atoms with Crippen molar-refractivity contribution in [1.29, 1.82) is 0 Å². The van der Waals surface area contributed by atoms with E-state index in [1.165, 1.54) is 0 Å². The standard InChI is InChI=1S/C11H12N4O2S/c1-6-5-7(17-2)3-4-8(6)13-9(16)10-14-15-11(12)18-10/h3-5H,1-2H3,(H2,12,15)(H,13,16). The van der Waals surface area contributed by atoms with Crippen LogP contribution in [0.15, 0.2) is 18.2 Å². The Hall–Kier alpha value is -2.15. The first-order chi connectivity index (χ1) is 8.60. The zero-order valence-corrected chi connectivity index (χ0v) is 10.7. The first-order valence-corrected chi connectivity index (χ1v) is 5.97. The summed E-state index contributed by atoms with van der Waals surface area (Å²) in [5, 5.41) is 10.5. The van der Waals surface area contributed by atoms with Crippen molar-refractivity contribution >= 4 is 28.1 Å². The molecule has 1 aromatic heterocycles. The molecule has 0 saturated heterocycles. The van der Waals surface area contributed by atoms with Crippen LogP contribution in [0.3, 0.4) is 0 Å². The second kappa shape index (κ2) is 5.01. The van der Waals surface area contributed by atoms with E-state index in [-0.39, 0.29) is 16.0 Å². The minimum Gasteiger partial charge on any atom is -0.497 e. The summed E-state index contributed by atoms with van der Waals surface area (Å²) in [6.45, 7) is 1.88. The third-order valence-electron chi connectivity index (χ3n) is 2.32. The molecule has 0 fully saturated rings. The van der Waals surface area contributed by atoms with Crippen LogP contribution >= 0.6 is 11.3 Å². The van der Waals surface area contributed by atoms with E-state index in [9.17, 15) is 4.79 Å². The number of anilines is 2. The average Bonchev–Trinajstić information content (AvgIpc) is 2.78. The molecule has 0 aliphatic heterocycles. The minimum atomic E-state index is -0.322. The summed E-state index contributed by atoms with van der Waals surface area (Å²) in [5.41, 5.74) is 7.03. The number of methoxy groups -OCH3 is 1. The van der Waals surface area contributed by atoms with Gasteiger partial charge in [0, 0.05) is 5.69 Å². The number of aryl methyl sites for hydroxylation is 1. The topological polar surface area (TPSA) is 90.1 Å². The maximum absolute atomic E-state index is 11.8. The highest BCUT2D eigenvalue weighted by Crippen LogP contribution is 2.22. The number of nitrogens with two attached hydrogens (primary N) is 1. The largest absolute Gasteiger partial charge is 0.497 e. The van der Waals surface area contributed by atoms with Crippen LogP contribution in [0.25, 0.3) is 0 Å². The molecule has 6 nitrogen and oxygen atoms in total. The smallest absolute Gasteiger partial charge is 0.286 e. The molecular weight excluding hydrogens is 252 g/mol. The summed E-state index contributed by atoms with van der Waals surface area (Å²) in [4.78, 5) is 11.8. The molecule has 2 rings (SSSR count). The number of carbonyl (C=O) groups excluding carboxylic acids is 1. The van der Waals surface area contributed by atoms with Gasteiger partial charge in [0.2, 0.25) is 10.1 Å². The Morgan fingerprint density at radius 2 is 2.22 bits per heavy atom. The van der Waals surface area contributed by atoms with Gasteiger partial charge in [-0.25, -0.2) is 0 Å². The number of amides is 1. The number of nitrogen functional groups attached to an aromatic ring is 1. The zero-order valence-electron chi connectivity index (χ0n) is 9.93. The van der Waals surface area contributed by atoms with Crippen LogP contribution in [-0.2, 0) is 0 Å². The van der Waals surface area contributed by atoms with Gasteiger partial charge < -0.3 is 15.8 Å². The normalized spacial score (nSPS) is 10.1. The van der Waals surface area contributed by atoms with Crippen molar-refractivity contribution in [1.82, 2.24) is 10.2 Å². The Morgan fingerprint density at radius 1 is 1.44 bits per heavy atom. The number of carbonyl (C=O) groups is 1. The van der Waals surface area contributed by atoms with Gasteiger partial charge in [0.1, 0.15) is 5.75 Å². The fourth-order valence-electron chi connectivity index (χ4n) is 1.41. The Labute approximate surface area is 108 Å². The third-order valence-corrected chi connectivity index (χ3v) is 3.07. The lowest BCUT2D eigenvalue weighted by Gasteiger charge is -2.08. The van der Waals surface area contributed by atoms with E-state index in [2.05, 4.69) is 15.5 Å². The van der Waals surface area contributed by atoms with Crippen molar-refractivity contribution in [2.75, 3.05) is 18.2 Å². The van der Waals surface area contributed by atoms with Crippen LogP contribution < -0.4 is 15.8 Å². The summed E-state index contributed by atoms with van der Waals surface area (Å²) in [5.74, 6) is 0.420. The lowest BCUT2D eigenvalue weighted by atomic mass is 10.2. The van der Waals surface area contributed by atoms with Crippen molar-refractivity contribution in [3.05, 3.63) is 28.8 Å². The third kappa shape index (κ3) is 2.57. The van der Waals surface area contributed by atoms with Crippen molar-refractivity contribution in [2.45, 2.75) is 6.92 Å². The Kier molecular flexibility index (Phi) is 3.42. The second-order valence-electron chi connectivity index (χ2n) is 3.58. The average molecular weight is 264 g/mol. The summed E-state index contributed by atoms with van der Waals surface area (Å²) in [7, 11) is 1.59. The Morgan fingerprint density at radius 3 is 2.78 bits per heavy atom. The molecule has 0 aliphatic carbocycles. The van der Waals surface area contributed by atoms with Gasteiger partial charge in [0.25, 0.3) is 5.91 Å². The Bertz CT molecular complexity index is 582. The van der Waals surface area contributed by atoms with E-state index in [1.807, 2.05) is 13.0 Å². The van der Waals surface area contributed by atoms with Gasteiger partial charge in [-0.3, -0.25) is 4.79 Å². The molecule has 2 aromatic rings. The highest BCUT2D eigenvalue weighted by atomic mass is 32.1. The summed E-state index contributed by atoms with van der Waals surface area (Å²) in [6.07, 6.45) is 0. The predicted octanol–water partition coefficient (Wildman–Crippen LogP) is 1.69. The second-order valence-corrected chi connectivity index (χ2v) is 4.59. The van der Waals surface area contributed by atoms with E-state index in [1.54, 1.807) is 19.2 Å². The molecule has 7 heteroatoms. The SMILES string of the molecule is COc1ccc(NC(=O)c2nnc(N)s2)c(C)c1. The summed E-state index contributed by atoms with van der Waals surface area (Å²) < 4.78 is 5.09. The van der Waals surface area contributed by atoms with E-state index >= 15 is 0 Å². The van der Waals surface area contributed by atoms with E-state index < -0.39 is 0 Å². The van der Waals surface area contributed by atoms with E-state index in [0.717, 1.165) is 22.6 Å². The quantitative estimate of drug-likeness (QED) is 0.880. The molecule has 1 amide bonds. The molecule has 0 unspecified atom stereocenters. The van der Waals surface area contributed by atoms with Crippen molar-refractivity contribution in [2.24, 2.45) is 0 Å². The number of rotatable bonds is 3. The van der Waals surface area contributed by atoms with Crippen LogP contribution in [0.5, 0.6) is 5.75 Å². The number of nitrogens with one attached hydrogen (secondary N) is 1. The fourth-order valence-corrected chi connectivity index (χ4v) is 1.91. The van der Waals surface area contributed by atoms with Gasteiger partial charge >= 0.3 is 0 Å². The van der Waals surface area contributed by atoms with Gasteiger partial charge in [0.05, 0.1) is 7.11 Å². The van der Waals surface area contributed by atoms with E-state index in [0.29, 0.717) is 5.69 Å². The number of ether oxygens (including phenoxy) is 1. The first-order valence-electron chi connectivity index (χ1n) is 5.15. The molecule has 0 aliphatic rings. The maximum atomic E-state index is 11.8. The first kappa shape index (κ1) is 12.3. The van der Waals surface area contributed by atoms with Gasteiger partial charge in [-0.15, -0.1) is 10.2 Å². The zero-order chi connectivity index (χ0) is 13.1. The van der Waals surface area contributed by atoms with Crippen LogP contribution in [0.2, 0.25) is 0 Å². The van der Waals surface area contributed by atoms with E-state index in [4.69, 9.17) is 10.5 Å². The number of benzene rings is 1. The minimum absolute atomic E-state index is 0.239. The lowest BCUT2D eigenvalue weighted by Crippen LogP contribution is -2.12. The molecule has 1 aromatic carbocycles. The predicted molar refractivity (Wildman–Crippen MR) is 70.0 cm³/mol. The molecule has 18 heavy (non-hydrogen) atoms. The van der Waals surface area contributed by atoms with Crippen molar-refractivity contribution in [3.8, 4) is 5.75 Å². The highest BCUT2D eigenvalue weighted by molar-refractivity contribution is 7.16. The molecule has 94 valence electrons. The van der Waals surface area contributed by atoms with Crippen LogP contribution in [-0.4, -0.2) is 23.2 Å². The molecule has 0 atom stereocenters. The fraction of sp³-hybridized carbons (Fsp3) is 0.182. The van der Waals surface area contributed by atoms with Crippen LogP contribution in [0.1, 0.15) is 15.4 Å². The summed E-state index contributed by atoms with van der Waals surface area (Å²) in [6, 6.07) is 5.39. The molecule has 1 heterocycles. The molecule has 0 saturated carbocycles. The molecule has 0 spiro atoms. The van der Waals surface area contributed by atoms with Gasteiger partial charge in [-0.1, -0.05) is 11.3 Å².